The van der Waals surface area contributed by atoms with E-state index in [9.17, 15) is 8.78 Å². The first-order valence-corrected chi connectivity index (χ1v) is 5.10. The molecule has 80 valence electrons. The molecule has 0 bridgehead atoms. The SMILES string of the molecule is CC.CCC(C)c1ccc(F)c(F)c1. The summed E-state index contributed by atoms with van der Waals surface area (Å²) in [7, 11) is 0. The van der Waals surface area contributed by atoms with Crippen LogP contribution in [0.15, 0.2) is 18.2 Å². The van der Waals surface area contributed by atoms with Crippen LogP contribution in [0.3, 0.4) is 0 Å². The standard InChI is InChI=1S/C10H12F2.C2H6/c1-3-7(2)8-4-5-9(11)10(12)6-8;1-2/h4-7H,3H2,1-2H3;1-2H3. The lowest BCUT2D eigenvalue weighted by atomic mass is 9.99. The van der Waals surface area contributed by atoms with Crippen LogP contribution in [0.5, 0.6) is 0 Å². The number of hydrogen-bond acceptors (Lipinski definition) is 0. The second kappa shape index (κ2) is 6.52. The highest BCUT2D eigenvalue weighted by molar-refractivity contribution is 5.20. The van der Waals surface area contributed by atoms with Crippen molar-refractivity contribution in [2.24, 2.45) is 0 Å². The van der Waals surface area contributed by atoms with Gasteiger partial charge >= 0.3 is 0 Å². The van der Waals surface area contributed by atoms with Crippen LogP contribution in [-0.4, -0.2) is 0 Å². The minimum atomic E-state index is -0.776. The summed E-state index contributed by atoms with van der Waals surface area (Å²) in [4.78, 5) is 0. The molecule has 0 fully saturated rings. The van der Waals surface area contributed by atoms with Crippen molar-refractivity contribution >= 4 is 0 Å². The van der Waals surface area contributed by atoms with E-state index in [0.717, 1.165) is 12.0 Å². The Morgan fingerprint density at radius 3 is 2.14 bits per heavy atom. The predicted octanol–water partition coefficient (Wildman–Crippen LogP) is 4.50. The first-order valence-electron chi connectivity index (χ1n) is 5.10. The number of rotatable bonds is 2. The first kappa shape index (κ1) is 13.1. The molecule has 1 rings (SSSR count). The van der Waals surface area contributed by atoms with Crippen LogP contribution in [0.25, 0.3) is 0 Å². The Morgan fingerprint density at radius 2 is 1.71 bits per heavy atom. The van der Waals surface area contributed by atoms with Crippen molar-refractivity contribution < 1.29 is 8.78 Å². The lowest BCUT2D eigenvalue weighted by Crippen LogP contribution is -1.93. The molecule has 2 heteroatoms. The third-order valence-electron chi connectivity index (χ3n) is 2.13. The summed E-state index contributed by atoms with van der Waals surface area (Å²) in [5.41, 5.74) is 0.858. The van der Waals surface area contributed by atoms with Gasteiger partial charge in [-0.15, -0.1) is 0 Å². The molecule has 1 aromatic rings. The Labute approximate surface area is 85.0 Å². The summed E-state index contributed by atoms with van der Waals surface area (Å²) in [5.74, 6) is -1.24. The van der Waals surface area contributed by atoms with Crippen molar-refractivity contribution in [3.05, 3.63) is 35.4 Å². The quantitative estimate of drug-likeness (QED) is 0.659. The molecule has 1 aromatic carbocycles. The largest absolute Gasteiger partial charge is 0.204 e. The van der Waals surface area contributed by atoms with Gasteiger partial charge in [0, 0.05) is 0 Å². The van der Waals surface area contributed by atoms with Gasteiger partial charge in [0.1, 0.15) is 0 Å². The van der Waals surface area contributed by atoms with E-state index in [-0.39, 0.29) is 0 Å². The molecule has 0 spiro atoms. The topological polar surface area (TPSA) is 0 Å². The Hall–Kier alpha value is -0.920. The van der Waals surface area contributed by atoms with E-state index < -0.39 is 11.6 Å². The lowest BCUT2D eigenvalue weighted by Gasteiger charge is -2.08. The average Bonchev–Trinajstić information content (AvgIpc) is 2.24. The normalized spacial score (nSPS) is 11.6. The molecule has 1 unspecified atom stereocenters. The zero-order valence-corrected chi connectivity index (χ0v) is 9.27. The van der Waals surface area contributed by atoms with Crippen molar-refractivity contribution in [3.8, 4) is 0 Å². The van der Waals surface area contributed by atoms with Crippen LogP contribution in [0, 0.1) is 11.6 Å². The second-order valence-electron chi connectivity index (χ2n) is 2.98. The Morgan fingerprint density at radius 1 is 1.14 bits per heavy atom. The van der Waals surface area contributed by atoms with Gasteiger partial charge in [0.05, 0.1) is 0 Å². The minimum Gasteiger partial charge on any atom is -0.204 e. The fraction of sp³-hybridized carbons (Fsp3) is 0.500. The van der Waals surface area contributed by atoms with Crippen molar-refractivity contribution in [2.75, 3.05) is 0 Å². The average molecular weight is 200 g/mol. The first-order chi connectivity index (χ1) is 6.65. The summed E-state index contributed by atoms with van der Waals surface area (Å²) in [6.45, 7) is 8.01. The Balaban J connectivity index is 0.000000791. The lowest BCUT2D eigenvalue weighted by molar-refractivity contribution is 0.505. The van der Waals surface area contributed by atoms with Crippen molar-refractivity contribution in [3.63, 3.8) is 0 Å². The fourth-order valence-corrected chi connectivity index (χ4v) is 1.05. The maximum absolute atomic E-state index is 12.7. The van der Waals surface area contributed by atoms with Gasteiger partial charge < -0.3 is 0 Å². The van der Waals surface area contributed by atoms with Crippen molar-refractivity contribution in [1.29, 1.82) is 0 Å². The van der Waals surface area contributed by atoms with Crippen LogP contribution < -0.4 is 0 Å². The van der Waals surface area contributed by atoms with E-state index in [1.165, 1.54) is 12.1 Å². The maximum Gasteiger partial charge on any atom is 0.159 e. The van der Waals surface area contributed by atoms with E-state index in [4.69, 9.17) is 0 Å². The molecule has 0 aliphatic rings. The molecule has 0 aliphatic carbocycles. The van der Waals surface area contributed by atoms with Crippen LogP contribution >= 0.6 is 0 Å². The van der Waals surface area contributed by atoms with Crippen molar-refractivity contribution in [2.45, 2.75) is 40.0 Å². The minimum absolute atomic E-state index is 0.292. The van der Waals surface area contributed by atoms with E-state index in [2.05, 4.69) is 0 Å². The molecule has 0 amide bonds. The smallest absolute Gasteiger partial charge is 0.159 e. The molecule has 14 heavy (non-hydrogen) atoms. The van der Waals surface area contributed by atoms with Crippen LogP contribution in [0.4, 0.5) is 8.78 Å². The van der Waals surface area contributed by atoms with Gasteiger partial charge in [0.15, 0.2) is 11.6 Å². The molecular formula is C12H18F2. The fourth-order valence-electron chi connectivity index (χ4n) is 1.05. The number of hydrogen-bond donors (Lipinski definition) is 0. The predicted molar refractivity (Wildman–Crippen MR) is 56.4 cm³/mol. The summed E-state index contributed by atoms with van der Waals surface area (Å²) in [6, 6.07) is 4.08. The number of benzene rings is 1. The van der Waals surface area contributed by atoms with Gasteiger partial charge in [-0.2, -0.15) is 0 Å². The highest BCUT2D eigenvalue weighted by Crippen LogP contribution is 2.20. The molecular weight excluding hydrogens is 182 g/mol. The van der Waals surface area contributed by atoms with E-state index in [0.29, 0.717) is 5.92 Å². The molecule has 0 saturated carbocycles. The van der Waals surface area contributed by atoms with Crippen molar-refractivity contribution in [1.82, 2.24) is 0 Å². The summed E-state index contributed by atoms with van der Waals surface area (Å²) < 4.78 is 25.2. The third-order valence-corrected chi connectivity index (χ3v) is 2.13. The van der Waals surface area contributed by atoms with Crippen LogP contribution in [-0.2, 0) is 0 Å². The van der Waals surface area contributed by atoms with Gasteiger partial charge in [0.2, 0.25) is 0 Å². The van der Waals surface area contributed by atoms with Crippen LogP contribution in [0.2, 0.25) is 0 Å². The Bertz CT molecular complexity index is 269. The van der Waals surface area contributed by atoms with E-state index in [1.807, 2.05) is 27.7 Å². The van der Waals surface area contributed by atoms with Gasteiger partial charge in [0.25, 0.3) is 0 Å². The summed E-state index contributed by atoms with van der Waals surface area (Å²) in [6.07, 6.45) is 0.936. The Kier molecular flexibility index (Phi) is 6.09. The van der Waals surface area contributed by atoms with Gasteiger partial charge in [-0.3, -0.25) is 0 Å². The highest BCUT2D eigenvalue weighted by atomic mass is 19.2. The highest BCUT2D eigenvalue weighted by Gasteiger charge is 2.06. The molecule has 0 saturated heterocycles. The number of halogens is 2. The van der Waals surface area contributed by atoms with E-state index >= 15 is 0 Å². The van der Waals surface area contributed by atoms with E-state index in [1.54, 1.807) is 6.07 Å². The molecule has 0 nitrogen and oxygen atoms in total. The molecule has 0 heterocycles. The summed E-state index contributed by atoms with van der Waals surface area (Å²) in [5, 5.41) is 0. The van der Waals surface area contributed by atoms with Crippen LogP contribution in [0.1, 0.15) is 45.6 Å². The van der Waals surface area contributed by atoms with Gasteiger partial charge in [-0.1, -0.05) is 33.8 Å². The second-order valence-corrected chi connectivity index (χ2v) is 2.98. The molecule has 0 aromatic heterocycles. The molecule has 0 aliphatic heterocycles. The molecule has 0 N–H and O–H groups in total. The zero-order chi connectivity index (χ0) is 11.1. The monoisotopic (exact) mass is 200 g/mol. The molecule has 0 radical (unpaired) electrons. The van der Waals surface area contributed by atoms with Gasteiger partial charge in [-0.05, 0) is 30.0 Å². The summed E-state index contributed by atoms with van der Waals surface area (Å²) >= 11 is 0. The molecule has 1 atom stereocenters. The van der Waals surface area contributed by atoms with Gasteiger partial charge in [-0.25, -0.2) is 8.78 Å². The zero-order valence-electron chi connectivity index (χ0n) is 9.27. The third kappa shape index (κ3) is 3.44. The maximum atomic E-state index is 12.7.